The Morgan fingerprint density at radius 2 is 1.44 bits per heavy atom. The Morgan fingerprint density at radius 1 is 0.722 bits per heavy atom. The minimum absolute atomic E-state index is 1.22. The van der Waals surface area contributed by atoms with Crippen LogP contribution < -0.4 is 0 Å². The number of hydrogen-bond donors (Lipinski definition) is 0. The van der Waals surface area contributed by atoms with E-state index in [0.717, 1.165) is 0 Å². The molecule has 0 radical (unpaired) electrons. The summed E-state index contributed by atoms with van der Waals surface area (Å²) in [5, 5.41) is 9.58. The molecule has 86 valence electrons. The minimum Gasteiger partial charge on any atom is -0.323 e. The molecule has 0 spiro atoms. The van der Waals surface area contributed by atoms with Crippen molar-refractivity contribution >= 4 is 32.9 Å². The van der Waals surface area contributed by atoms with E-state index in [4.69, 9.17) is 0 Å². The van der Waals surface area contributed by atoms with Gasteiger partial charge in [0, 0.05) is 18.1 Å². The molecule has 0 fully saturated rings. The van der Waals surface area contributed by atoms with Crippen molar-refractivity contribution < 1.29 is 0 Å². The molecule has 2 aromatic heterocycles. The average Bonchev–Trinajstić information content (AvgIpc) is 3.04. The van der Waals surface area contributed by atoms with Crippen LogP contribution in [0, 0.1) is 0 Å². The molecule has 18 heavy (non-hydrogen) atoms. The van der Waals surface area contributed by atoms with Crippen LogP contribution in [0.4, 0.5) is 0 Å². The number of nitrogens with zero attached hydrogens (tertiary/aromatic N) is 1. The maximum Gasteiger partial charge on any atom is 0.0456 e. The van der Waals surface area contributed by atoms with Gasteiger partial charge in [-0.05, 0) is 44.4 Å². The predicted octanol–water partition coefficient (Wildman–Crippen LogP) is 4.85. The maximum absolute atomic E-state index is 2.24. The van der Waals surface area contributed by atoms with Gasteiger partial charge in [-0.3, -0.25) is 0 Å². The lowest BCUT2D eigenvalue weighted by molar-refractivity contribution is 1.09. The molecule has 0 aliphatic heterocycles. The van der Waals surface area contributed by atoms with Gasteiger partial charge in [-0.1, -0.05) is 30.3 Å². The first-order chi connectivity index (χ1) is 8.90. The molecule has 0 bridgehead atoms. The van der Waals surface area contributed by atoms with Gasteiger partial charge in [0.15, 0.2) is 0 Å². The van der Waals surface area contributed by atoms with Crippen molar-refractivity contribution in [3.8, 4) is 5.69 Å². The van der Waals surface area contributed by atoms with Crippen molar-refractivity contribution in [2.45, 2.75) is 0 Å². The molecule has 0 atom stereocenters. The first-order valence-electron chi connectivity index (χ1n) is 5.93. The monoisotopic (exact) mass is 249 g/mol. The van der Waals surface area contributed by atoms with Crippen molar-refractivity contribution in [1.29, 1.82) is 0 Å². The standard InChI is InChI=1S/C16H11NS/c1-2-4-13-9-17(8-12(13)3-1)16-6-5-14-10-18-11-15(14)7-16/h1-11H. The van der Waals surface area contributed by atoms with E-state index in [2.05, 4.69) is 70.2 Å². The van der Waals surface area contributed by atoms with E-state index < -0.39 is 0 Å². The van der Waals surface area contributed by atoms with Gasteiger partial charge in [-0.25, -0.2) is 0 Å². The van der Waals surface area contributed by atoms with Crippen LogP contribution >= 0.6 is 11.3 Å². The van der Waals surface area contributed by atoms with Gasteiger partial charge >= 0.3 is 0 Å². The van der Waals surface area contributed by atoms with Crippen LogP contribution in [0.1, 0.15) is 0 Å². The summed E-state index contributed by atoms with van der Waals surface area (Å²) < 4.78 is 2.20. The fourth-order valence-corrected chi connectivity index (χ4v) is 3.12. The largest absolute Gasteiger partial charge is 0.323 e. The van der Waals surface area contributed by atoms with Crippen LogP contribution in [0.3, 0.4) is 0 Å². The van der Waals surface area contributed by atoms with Gasteiger partial charge in [-0.2, -0.15) is 11.3 Å². The second-order valence-electron chi connectivity index (χ2n) is 4.48. The van der Waals surface area contributed by atoms with E-state index >= 15 is 0 Å². The molecule has 0 unspecified atom stereocenters. The van der Waals surface area contributed by atoms with Gasteiger partial charge < -0.3 is 4.57 Å². The lowest BCUT2D eigenvalue weighted by Gasteiger charge is -2.02. The van der Waals surface area contributed by atoms with E-state index in [-0.39, 0.29) is 0 Å². The van der Waals surface area contributed by atoms with Crippen molar-refractivity contribution in [2.75, 3.05) is 0 Å². The van der Waals surface area contributed by atoms with E-state index in [1.165, 1.54) is 27.2 Å². The molecule has 0 saturated carbocycles. The number of benzene rings is 2. The lowest BCUT2D eigenvalue weighted by Crippen LogP contribution is -1.87. The Bertz CT molecular complexity index is 805. The first kappa shape index (κ1) is 9.92. The Morgan fingerprint density at radius 3 is 2.22 bits per heavy atom. The number of hydrogen-bond acceptors (Lipinski definition) is 1. The van der Waals surface area contributed by atoms with Gasteiger partial charge in [-0.15, -0.1) is 0 Å². The molecule has 4 aromatic rings. The maximum atomic E-state index is 2.24. The highest BCUT2D eigenvalue weighted by Gasteiger charge is 2.01. The molecule has 0 N–H and O–H groups in total. The molecule has 0 aliphatic rings. The first-order valence-corrected chi connectivity index (χ1v) is 6.87. The van der Waals surface area contributed by atoms with Gasteiger partial charge in [0.25, 0.3) is 0 Å². The Labute approximate surface area is 109 Å². The second-order valence-corrected chi connectivity index (χ2v) is 5.22. The van der Waals surface area contributed by atoms with Crippen LogP contribution in [-0.4, -0.2) is 4.57 Å². The zero-order chi connectivity index (χ0) is 11.9. The van der Waals surface area contributed by atoms with Gasteiger partial charge in [0.2, 0.25) is 0 Å². The van der Waals surface area contributed by atoms with Crippen molar-refractivity contribution in [1.82, 2.24) is 4.57 Å². The van der Waals surface area contributed by atoms with Crippen LogP contribution in [-0.2, 0) is 0 Å². The highest BCUT2D eigenvalue weighted by molar-refractivity contribution is 7.09. The summed E-state index contributed by atoms with van der Waals surface area (Å²) in [5.41, 5.74) is 1.22. The van der Waals surface area contributed by atoms with E-state index in [0.29, 0.717) is 0 Å². The van der Waals surface area contributed by atoms with Crippen LogP contribution in [0.25, 0.3) is 27.2 Å². The number of rotatable bonds is 1. The van der Waals surface area contributed by atoms with Crippen molar-refractivity contribution in [3.05, 3.63) is 65.6 Å². The zero-order valence-corrected chi connectivity index (χ0v) is 10.5. The smallest absolute Gasteiger partial charge is 0.0456 e. The van der Waals surface area contributed by atoms with Crippen molar-refractivity contribution in [2.24, 2.45) is 0 Å². The SMILES string of the molecule is c1ccc2cn(-c3ccc4cscc4c3)cc2c1. The highest BCUT2D eigenvalue weighted by atomic mass is 32.1. The number of aromatic nitrogens is 1. The fourth-order valence-electron chi connectivity index (χ4n) is 2.34. The summed E-state index contributed by atoms with van der Waals surface area (Å²) in [4.78, 5) is 0. The molecule has 0 amide bonds. The van der Waals surface area contributed by atoms with E-state index in [1.807, 2.05) is 0 Å². The Balaban J connectivity index is 1.94. The average molecular weight is 249 g/mol. The topological polar surface area (TPSA) is 4.93 Å². The number of fused-ring (bicyclic) bond motifs is 2. The normalized spacial score (nSPS) is 11.3. The number of thiophene rings is 1. The van der Waals surface area contributed by atoms with Crippen LogP contribution in [0.15, 0.2) is 65.6 Å². The fraction of sp³-hybridized carbons (Fsp3) is 0. The summed E-state index contributed by atoms with van der Waals surface area (Å²) in [6, 6.07) is 15.1. The summed E-state index contributed by atoms with van der Waals surface area (Å²) in [7, 11) is 0. The molecule has 2 heterocycles. The molecular formula is C16H11NS. The third kappa shape index (κ3) is 1.46. The van der Waals surface area contributed by atoms with Crippen LogP contribution in [0.5, 0.6) is 0 Å². The highest BCUT2D eigenvalue weighted by Crippen LogP contribution is 2.24. The lowest BCUT2D eigenvalue weighted by atomic mass is 10.2. The molecule has 2 aromatic carbocycles. The van der Waals surface area contributed by atoms with Gasteiger partial charge in [0.05, 0.1) is 0 Å². The molecule has 1 nitrogen and oxygen atoms in total. The summed E-state index contributed by atoms with van der Waals surface area (Å²) in [5.74, 6) is 0. The molecule has 2 heteroatoms. The van der Waals surface area contributed by atoms with Gasteiger partial charge in [0.1, 0.15) is 0 Å². The Kier molecular flexibility index (Phi) is 2.05. The van der Waals surface area contributed by atoms with E-state index in [9.17, 15) is 0 Å². The van der Waals surface area contributed by atoms with E-state index in [1.54, 1.807) is 11.3 Å². The summed E-state index contributed by atoms with van der Waals surface area (Å²) >= 11 is 1.75. The zero-order valence-electron chi connectivity index (χ0n) is 9.71. The second kappa shape index (κ2) is 3.72. The summed E-state index contributed by atoms with van der Waals surface area (Å²) in [6.07, 6.45) is 4.37. The quantitative estimate of drug-likeness (QED) is 0.454. The van der Waals surface area contributed by atoms with Crippen molar-refractivity contribution in [3.63, 3.8) is 0 Å². The molecule has 0 saturated heterocycles. The minimum atomic E-state index is 1.22. The third-order valence-electron chi connectivity index (χ3n) is 3.31. The predicted molar refractivity (Wildman–Crippen MR) is 78.7 cm³/mol. The van der Waals surface area contributed by atoms with Crippen LogP contribution in [0.2, 0.25) is 0 Å². The Hall–Kier alpha value is -2.06. The summed E-state index contributed by atoms with van der Waals surface area (Å²) in [6.45, 7) is 0. The molecule has 4 rings (SSSR count). The third-order valence-corrected chi connectivity index (χ3v) is 4.09. The molecule has 0 aliphatic carbocycles. The molecular weight excluding hydrogens is 238 g/mol.